The van der Waals surface area contributed by atoms with Crippen molar-refractivity contribution >= 4 is 28.7 Å². The molecule has 2 aromatic rings. The van der Waals surface area contributed by atoms with Gasteiger partial charge in [0.2, 0.25) is 0 Å². The van der Waals surface area contributed by atoms with E-state index in [1.54, 1.807) is 6.07 Å². The Bertz CT molecular complexity index is 626. The van der Waals surface area contributed by atoms with Gasteiger partial charge in [-0.2, -0.15) is 0 Å². The van der Waals surface area contributed by atoms with Crippen molar-refractivity contribution in [1.29, 1.82) is 0 Å². The predicted molar refractivity (Wildman–Crippen MR) is 79.8 cm³/mol. The quantitative estimate of drug-likeness (QED) is 0.823. The second-order valence-electron chi connectivity index (χ2n) is 4.67. The molecule has 2 rings (SSSR count). The number of benzene rings is 2. The Kier molecular flexibility index (Phi) is 3.67. The van der Waals surface area contributed by atoms with Gasteiger partial charge in [0.1, 0.15) is 5.82 Å². The van der Waals surface area contributed by atoms with Crippen LogP contribution in [0.1, 0.15) is 11.1 Å². The zero-order valence-electron chi connectivity index (χ0n) is 11.2. The van der Waals surface area contributed by atoms with Crippen molar-refractivity contribution in [3.8, 4) is 0 Å². The number of anilines is 3. The Morgan fingerprint density at radius 3 is 2.42 bits per heavy atom. The van der Waals surface area contributed by atoms with Gasteiger partial charge in [0.25, 0.3) is 0 Å². The highest BCUT2D eigenvalue weighted by atomic mass is 35.5. The molecule has 0 fully saturated rings. The number of rotatable bonds is 2. The molecule has 0 unspecified atom stereocenters. The molecule has 19 heavy (non-hydrogen) atoms. The summed E-state index contributed by atoms with van der Waals surface area (Å²) in [6.45, 7) is 4.07. The van der Waals surface area contributed by atoms with Crippen LogP contribution >= 0.6 is 11.6 Å². The molecular formula is C15H16ClFN2. The summed E-state index contributed by atoms with van der Waals surface area (Å²) in [6.07, 6.45) is 0. The minimum atomic E-state index is -0.503. The monoisotopic (exact) mass is 278 g/mol. The third kappa shape index (κ3) is 2.66. The summed E-state index contributed by atoms with van der Waals surface area (Å²) >= 11 is 5.83. The number of hydrogen-bond acceptors (Lipinski definition) is 2. The third-order valence-corrected chi connectivity index (χ3v) is 3.43. The van der Waals surface area contributed by atoms with Gasteiger partial charge in [-0.15, -0.1) is 0 Å². The smallest absolute Gasteiger partial charge is 0.143 e. The number of nitrogens with zero attached hydrogens (tertiary/aromatic N) is 1. The van der Waals surface area contributed by atoms with Crippen molar-refractivity contribution in [2.45, 2.75) is 13.8 Å². The lowest BCUT2D eigenvalue weighted by molar-refractivity contribution is 0.629. The zero-order chi connectivity index (χ0) is 14.2. The van der Waals surface area contributed by atoms with Crippen molar-refractivity contribution in [2.75, 3.05) is 17.7 Å². The fourth-order valence-corrected chi connectivity index (χ4v) is 2.31. The highest BCUT2D eigenvalue weighted by molar-refractivity contribution is 6.31. The molecule has 0 heterocycles. The van der Waals surface area contributed by atoms with E-state index in [9.17, 15) is 4.39 Å². The summed E-state index contributed by atoms with van der Waals surface area (Å²) in [6, 6.07) is 8.93. The molecule has 0 bridgehead atoms. The van der Waals surface area contributed by atoms with E-state index in [1.165, 1.54) is 11.6 Å². The first-order valence-electron chi connectivity index (χ1n) is 5.95. The third-order valence-electron chi connectivity index (χ3n) is 3.14. The lowest BCUT2D eigenvalue weighted by atomic mass is 10.1. The zero-order valence-corrected chi connectivity index (χ0v) is 11.9. The van der Waals surface area contributed by atoms with Crippen LogP contribution in [-0.4, -0.2) is 7.05 Å². The van der Waals surface area contributed by atoms with Crippen molar-refractivity contribution in [1.82, 2.24) is 0 Å². The van der Waals surface area contributed by atoms with Gasteiger partial charge in [-0.05, 0) is 31.5 Å². The summed E-state index contributed by atoms with van der Waals surface area (Å²) in [7, 11) is 1.89. The molecule has 4 heteroatoms. The van der Waals surface area contributed by atoms with E-state index in [0.29, 0.717) is 11.4 Å². The van der Waals surface area contributed by atoms with E-state index in [2.05, 4.69) is 6.07 Å². The molecule has 0 aliphatic rings. The Morgan fingerprint density at radius 2 is 1.79 bits per heavy atom. The van der Waals surface area contributed by atoms with Gasteiger partial charge in [-0.25, -0.2) is 4.39 Å². The maximum atomic E-state index is 13.3. The van der Waals surface area contributed by atoms with Crippen LogP contribution in [0.25, 0.3) is 0 Å². The van der Waals surface area contributed by atoms with Crippen molar-refractivity contribution in [3.63, 3.8) is 0 Å². The molecule has 0 aromatic heterocycles. The Balaban J connectivity index is 2.49. The summed E-state index contributed by atoms with van der Waals surface area (Å²) < 4.78 is 13.3. The molecule has 2 nitrogen and oxygen atoms in total. The van der Waals surface area contributed by atoms with E-state index >= 15 is 0 Å². The van der Waals surface area contributed by atoms with E-state index in [0.717, 1.165) is 11.3 Å². The van der Waals surface area contributed by atoms with Crippen LogP contribution in [0, 0.1) is 19.7 Å². The minimum Gasteiger partial charge on any atom is -0.397 e. The van der Waals surface area contributed by atoms with Gasteiger partial charge in [0.05, 0.1) is 16.4 Å². The topological polar surface area (TPSA) is 29.3 Å². The van der Waals surface area contributed by atoms with Crippen LogP contribution in [0.3, 0.4) is 0 Å². The van der Waals surface area contributed by atoms with E-state index in [4.69, 9.17) is 17.3 Å². The summed E-state index contributed by atoms with van der Waals surface area (Å²) in [5.41, 5.74) is 10.3. The molecule has 2 aromatic carbocycles. The molecule has 100 valence electrons. The van der Waals surface area contributed by atoms with E-state index in [-0.39, 0.29) is 5.02 Å². The second-order valence-corrected chi connectivity index (χ2v) is 5.08. The van der Waals surface area contributed by atoms with E-state index in [1.807, 2.05) is 37.9 Å². The van der Waals surface area contributed by atoms with Gasteiger partial charge in [-0.3, -0.25) is 0 Å². The molecule has 0 spiro atoms. The van der Waals surface area contributed by atoms with Crippen LogP contribution in [0.4, 0.5) is 21.5 Å². The number of aryl methyl sites for hydroxylation is 2. The Morgan fingerprint density at radius 1 is 1.11 bits per heavy atom. The molecule has 0 radical (unpaired) electrons. The van der Waals surface area contributed by atoms with E-state index < -0.39 is 5.82 Å². The maximum absolute atomic E-state index is 13.3. The van der Waals surface area contributed by atoms with Crippen LogP contribution in [-0.2, 0) is 0 Å². The molecular weight excluding hydrogens is 263 g/mol. The maximum Gasteiger partial charge on any atom is 0.143 e. The Hall–Kier alpha value is -1.74. The van der Waals surface area contributed by atoms with Gasteiger partial charge < -0.3 is 10.6 Å². The first-order chi connectivity index (χ1) is 8.90. The minimum absolute atomic E-state index is 0.0702. The average Bonchev–Trinajstić information content (AvgIpc) is 2.33. The number of hydrogen-bond donors (Lipinski definition) is 1. The van der Waals surface area contributed by atoms with Crippen LogP contribution < -0.4 is 10.6 Å². The first-order valence-corrected chi connectivity index (χ1v) is 6.33. The Labute approximate surface area is 117 Å². The van der Waals surface area contributed by atoms with Crippen molar-refractivity contribution < 1.29 is 4.39 Å². The standard InChI is InChI=1S/C15H16ClFN2/c1-9-4-5-14(10(2)6-9)19(3)15-7-11(16)12(17)8-13(15)18/h4-8H,18H2,1-3H3. The van der Waals surface area contributed by atoms with Gasteiger partial charge >= 0.3 is 0 Å². The lowest BCUT2D eigenvalue weighted by Gasteiger charge is -2.23. The molecule has 2 N–H and O–H groups in total. The number of nitrogens with two attached hydrogens (primary N) is 1. The average molecular weight is 279 g/mol. The van der Waals surface area contributed by atoms with Crippen LogP contribution in [0.2, 0.25) is 5.02 Å². The molecule has 0 aliphatic carbocycles. The largest absolute Gasteiger partial charge is 0.397 e. The summed E-state index contributed by atoms with van der Waals surface area (Å²) in [5.74, 6) is -0.503. The van der Waals surface area contributed by atoms with Crippen molar-refractivity contribution in [2.24, 2.45) is 0 Å². The molecule has 0 aliphatic heterocycles. The molecule has 0 saturated heterocycles. The summed E-state index contributed by atoms with van der Waals surface area (Å²) in [4.78, 5) is 1.91. The van der Waals surface area contributed by atoms with Crippen LogP contribution in [0.15, 0.2) is 30.3 Å². The number of nitrogen functional groups attached to an aromatic ring is 1. The van der Waals surface area contributed by atoms with Crippen LogP contribution in [0.5, 0.6) is 0 Å². The fourth-order valence-electron chi connectivity index (χ4n) is 2.15. The van der Waals surface area contributed by atoms with Crippen molar-refractivity contribution in [3.05, 3.63) is 52.3 Å². The highest BCUT2D eigenvalue weighted by Crippen LogP contribution is 2.34. The lowest BCUT2D eigenvalue weighted by Crippen LogP contribution is -2.13. The molecule has 0 amide bonds. The second kappa shape index (κ2) is 5.10. The predicted octanol–water partition coefficient (Wildman–Crippen LogP) is 4.45. The van der Waals surface area contributed by atoms with Gasteiger partial charge in [-0.1, -0.05) is 29.3 Å². The molecule has 0 atom stereocenters. The fraction of sp³-hybridized carbons (Fsp3) is 0.200. The van der Waals surface area contributed by atoms with Gasteiger partial charge in [0.15, 0.2) is 0 Å². The normalized spacial score (nSPS) is 10.6. The summed E-state index contributed by atoms with van der Waals surface area (Å²) in [5, 5.41) is 0.0702. The number of halogens is 2. The van der Waals surface area contributed by atoms with Gasteiger partial charge in [0, 0.05) is 18.8 Å². The first kappa shape index (κ1) is 13.7. The molecule has 0 saturated carbocycles. The highest BCUT2D eigenvalue weighted by Gasteiger charge is 2.13. The SMILES string of the molecule is Cc1ccc(N(C)c2cc(Cl)c(F)cc2N)c(C)c1.